The molecular weight excluding hydrogens is 365 g/mol. The highest BCUT2D eigenvalue weighted by molar-refractivity contribution is 9.10. The average molecular weight is 377 g/mol. The lowest BCUT2D eigenvalue weighted by molar-refractivity contribution is -0.0499. The number of rotatable bonds is 3. The lowest BCUT2D eigenvalue weighted by Gasteiger charge is -2.22. The van der Waals surface area contributed by atoms with Crippen LogP contribution in [-0.2, 0) is 10.1 Å². The van der Waals surface area contributed by atoms with Crippen LogP contribution in [0.3, 0.4) is 0 Å². The highest BCUT2D eigenvalue weighted by Crippen LogP contribution is 2.28. The fourth-order valence-corrected chi connectivity index (χ4v) is 5.82. The van der Waals surface area contributed by atoms with E-state index in [4.69, 9.17) is 0 Å². The predicted molar refractivity (Wildman–Crippen MR) is 72.7 cm³/mol. The Bertz CT molecular complexity index is 579. The molecule has 1 rings (SSSR count). The van der Waals surface area contributed by atoms with Crippen LogP contribution < -0.4 is 9.37 Å². The van der Waals surface area contributed by atoms with Crippen molar-refractivity contribution in [2.45, 2.75) is 25.1 Å². The topological polar surface area (TPSA) is 43.4 Å². The maximum absolute atomic E-state index is 12.3. The molecule has 0 spiro atoms. The second kappa shape index (κ2) is 5.10. The zero-order chi connectivity index (χ0) is 15.1. The van der Waals surface area contributed by atoms with Gasteiger partial charge in [0.15, 0.2) is 0 Å². The summed E-state index contributed by atoms with van der Waals surface area (Å²) in [4.78, 5) is 0. The summed E-state index contributed by atoms with van der Waals surface area (Å²) in [5.74, 6) is -0.272. The summed E-state index contributed by atoms with van der Waals surface area (Å²) in [5, 5.41) is 0.489. The van der Waals surface area contributed by atoms with Gasteiger partial charge in [-0.3, -0.25) is 0 Å². The van der Waals surface area contributed by atoms with Crippen molar-refractivity contribution in [3.8, 4) is 5.75 Å². The normalized spacial score (nSPS) is 13.4. The SMILES string of the molecule is C[Si](C)(C)c1c(Br)cccc1OS(=O)(=O)C(F)(F)F. The maximum Gasteiger partial charge on any atom is 0.534 e. The third kappa shape index (κ3) is 3.73. The molecule has 0 amide bonds. The minimum Gasteiger partial charge on any atom is -0.376 e. The Hall–Kier alpha value is -0.543. The summed E-state index contributed by atoms with van der Waals surface area (Å²) >= 11 is 3.22. The van der Waals surface area contributed by atoms with Crippen LogP contribution >= 0.6 is 15.9 Å². The number of halogens is 4. The van der Waals surface area contributed by atoms with Crippen LogP contribution in [0.1, 0.15) is 0 Å². The van der Waals surface area contributed by atoms with Gasteiger partial charge in [-0.2, -0.15) is 21.6 Å². The second-order valence-electron chi connectivity index (χ2n) is 4.85. The van der Waals surface area contributed by atoms with Crippen molar-refractivity contribution in [3.63, 3.8) is 0 Å². The number of benzene rings is 1. The van der Waals surface area contributed by atoms with E-state index in [9.17, 15) is 21.6 Å². The Kier molecular flexibility index (Phi) is 4.43. The van der Waals surface area contributed by atoms with Crippen molar-refractivity contribution in [1.82, 2.24) is 0 Å². The maximum atomic E-state index is 12.3. The summed E-state index contributed by atoms with van der Waals surface area (Å²) in [6, 6.07) is 4.29. The van der Waals surface area contributed by atoms with E-state index in [1.54, 1.807) is 6.07 Å². The lowest BCUT2D eigenvalue weighted by atomic mass is 10.3. The summed E-state index contributed by atoms with van der Waals surface area (Å²) < 4.78 is 63.9. The molecule has 3 nitrogen and oxygen atoms in total. The standard InChI is InChI=1S/C10H12BrF3O3SSi/c1-19(2,3)9-7(11)5-4-6-8(9)17-18(15,16)10(12,13)14/h4-6H,1-3H3. The molecule has 0 aliphatic carbocycles. The molecule has 0 aromatic heterocycles. The third-order valence-electron chi connectivity index (χ3n) is 2.21. The Morgan fingerprint density at radius 2 is 1.74 bits per heavy atom. The van der Waals surface area contributed by atoms with Crippen LogP contribution in [0.15, 0.2) is 22.7 Å². The van der Waals surface area contributed by atoms with Crippen LogP contribution in [0.4, 0.5) is 13.2 Å². The molecule has 1 aromatic rings. The van der Waals surface area contributed by atoms with Crippen LogP contribution in [0.5, 0.6) is 5.75 Å². The van der Waals surface area contributed by atoms with Gasteiger partial charge in [0.25, 0.3) is 0 Å². The number of alkyl halides is 3. The molecule has 0 aliphatic heterocycles. The van der Waals surface area contributed by atoms with E-state index in [0.717, 1.165) is 0 Å². The molecule has 0 N–H and O–H groups in total. The molecule has 0 atom stereocenters. The Morgan fingerprint density at radius 3 is 2.16 bits per heavy atom. The molecule has 0 fully saturated rings. The van der Waals surface area contributed by atoms with Gasteiger partial charge in [-0.05, 0) is 17.3 Å². The van der Waals surface area contributed by atoms with Gasteiger partial charge < -0.3 is 4.18 Å². The molecule has 0 bridgehead atoms. The van der Waals surface area contributed by atoms with E-state index in [-0.39, 0.29) is 5.75 Å². The Balaban J connectivity index is 3.36. The van der Waals surface area contributed by atoms with Gasteiger partial charge in [-0.15, -0.1) is 0 Å². The number of hydrogen-bond donors (Lipinski definition) is 0. The van der Waals surface area contributed by atoms with E-state index in [0.29, 0.717) is 9.66 Å². The molecule has 0 heterocycles. The minimum absolute atomic E-state index is 0.272. The third-order valence-corrected chi connectivity index (χ3v) is 6.22. The second-order valence-corrected chi connectivity index (χ2v) is 12.2. The van der Waals surface area contributed by atoms with E-state index in [1.165, 1.54) is 12.1 Å². The zero-order valence-electron chi connectivity index (χ0n) is 10.4. The summed E-state index contributed by atoms with van der Waals surface area (Å²) in [7, 11) is -7.73. The van der Waals surface area contributed by atoms with Crippen LogP contribution in [0, 0.1) is 0 Å². The van der Waals surface area contributed by atoms with Crippen molar-refractivity contribution >= 4 is 39.3 Å². The molecule has 0 radical (unpaired) electrons. The van der Waals surface area contributed by atoms with E-state index >= 15 is 0 Å². The lowest BCUT2D eigenvalue weighted by Crippen LogP contribution is -2.41. The van der Waals surface area contributed by atoms with E-state index < -0.39 is 23.7 Å². The molecule has 0 aliphatic rings. The Labute approximate surface area is 119 Å². The first-order valence-electron chi connectivity index (χ1n) is 5.16. The predicted octanol–water partition coefficient (Wildman–Crippen LogP) is 3.22. The molecule has 1 aromatic carbocycles. The highest BCUT2D eigenvalue weighted by atomic mass is 79.9. The quantitative estimate of drug-likeness (QED) is 0.462. The smallest absolute Gasteiger partial charge is 0.376 e. The first-order chi connectivity index (χ1) is 8.36. The molecule has 0 saturated carbocycles. The highest BCUT2D eigenvalue weighted by Gasteiger charge is 2.49. The monoisotopic (exact) mass is 376 g/mol. The van der Waals surface area contributed by atoms with Gasteiger partial charge in [-0.25, -0.2) is 0 Å². The van der Waals surface area contributed by atoms with Gasteiger partial charge >= 0.3 is 15.6 Å². The van der Waals surface area contributed by atoms with Crippen molar-refractivity contribution < 1.29 is 25.8 Å². The largest absolute Gasteiger partial charge is 0.534 e. The van der Waals surface area contributed by atoms with E-state index in [1.807, 2.05) is 19.6 Å². The molecule has 0 saturated heterocycles. The van der Waals surface area contributed by atoms with Crippen molar-refractivity contribution in [2.24, 2.45) is 0 Å². The first kappa shape index (κ1) is 16.5. The van der Waals surface area contributed by atoms with Gasteiger partial charge in [0, 0.05) is 4.47 Å². The Morgan fingerprint density at radius 1 is 1.21 bits per heavy atom. The molecule has 0 unspecified atom stereocenters. The molecular formula is C10H12BrF3O3SSi. The summed E-state index contributed by atoms with van der Waals surface area (Å²) in [6.45, 7) is 5.63. The zero-order valence-corrected chi connectivity index (χ0v) is 13.8. The van der Waals surface area contributed by atoms with Gasteiger partial charge in [0.2, 0.25) is 0 Å². The van der Waals surface area contributed by atoms with Crippen LogP contribution in [-0.4, -0.2) is 22.0 Å². The minimum atomic E-state index is -5.65. The molecule has 19 heavy (non-hydrogen) atoms. The summed E-state index contributed by atoms with van der Waals surface area (Å²) in [6.07, 6.45) is 0. The molecule has 108 valence electrons. The first-order valence-corrected chi connectivity index (χ1v) is 10.9. The van der Waals surface area contributed by atoms with Crippen molar-refractivity contribution in [2.75, 3.05) is 0 Å². The molecule has 9 heteroatoms. The summed E-state index contributed by atoms with van der Waals surface area (Å²) in [5.41, 5.74) is -5.44. The van der Waals surface area contributed by atoms with E-state index in [2.05, 4.69) is 20.1 Å². The average Bonchev–Trinajstić information content (AvgIpc) is 2.12. The van der Waals surface area contributed by atoms with Crippen LogP contribution in [0.25, 0.3) is 0 Å². The fourth-order valence-electron chi connectivity index (χ4n) is 1.47. The van der Waals surface area contributed by atoms with Gasteiger partial charge in [0.05, 0.1) is 8.07 Å². The number of hydrogen-bond acceptors (Lipinski definition) is 3. The van der Waals surface area contributed by atoms with Crippen LogP contribution in [0.2, 0.25) is 19.6 Å². The van der Waals surface area contributed by atoms with Gasteiger partial charge in [0.1, 0.15) is 5.75 Å². The van der Waals surface area contributed by atoms with Crippen molar-refractivity contribution in [3.05, 3.63) is 22.7 Å². The fraction of sp³-hybridized carbons (Fsp3) is 0.400. The van der Waals surface area contributed by atoms with Crippen molar-refractivity contribution in [1.29, 1.82) is 0 Å². The van der Waals surface area contributed by atoms with Gasteiger partial charge in [-0.1, -0.05) is 41.6 Å².